The normalized spacial score (nSPS) is 9.56. The number of imidazole rings is 1. The van der Waals surface area contributed by atoms with Gasteiger partial charge in [0.1, 0.15) is 5.82 Å². The van der Waals surface area contributed by atoms with Gasteiger partial charge in [0.2, 0.25) is 0 Å². The summed E-state index contributed by atoms with van der Waals surface area (Å²) in [5, 5.41) is 0.859. The fourth-order valence-electron chi connectivity index (χ4n) is 1.59. The quantitative estimate of drug-likeness (QED) is 0.719. The molecule has 3 N–H and O–H groups in total. The van der Waals surface area contributed by atoms with Gasteiger partial charge in [0.25, 0.3) is 0 Å². The van der Waals surface area contributed by atoms with Crippen LogP contribution in [0.2, 0.25) is 0 Å². The Labute approximate surface area is 116 Å². The van der Waals surface area contributed by atoms with E-state index in [1.54, 1.807) is 12.4 Å². The van der Waals surface area contributed by atoms with Crippen LogP contribution in [0.15, 0.2) is 36.7 Å². The smallest absolute Gasteiger partial charge is 0.198 e. The number of nitrogen functional groups attached to an aromatic ring is 1. The molecule has 0 unspecified atom stereocenters. The zero-order valence-electron chi connectivity index (χ0n) is 9.20. The van der Waals surface area contributed by atoms with E-state index in [9.17, 15) is 0 Å². The first-order valence-corrected chi connectivity index (χ1v) is 4.86. The first-order valence-electron chi connectivity index (χ1n) is 4.86. The van der Waals surface area contributed by atoms with E-state index in [1.807, 2.05) is 24.3 Å². The number of benzene rings is 1. The van der Waals surface area contributed by atoms with Crippen LogP contribution < -0.4 is 5.73 Å². The lowest BCUT2D eigenvalue weighted by Gasteiger charge is -2.02. The monoisotopic (exact) mass is 283 g/mol. The number of rotatable bonds is 1. The summed E-state index contributed by atoms with van der Waals surface area (Å²) >= 11 is 0. The van der Waals surface area contributed by atoms with Gasteiger partial charge in [0.05, 0.1) is 5.52 Å². The molecule has 2 aromatic heterocycles. The van der Waals surface area contributed by atoms with Crippen molar-refractivity contribution >= 4 is 41.5 Å². The van der Waals surface area contributed by atoms with Gasteiger partial charge in [-0.15, -0.1) is 24.8 Å². The lowest BCUT2D eigenvalue weighted by atomic mass is 10.2. The lowest BCUT2D eigenvalue weighted by Crippen LogP contribution is -1.98. The Morgan fingerprint density at radius 2 is 1.83 bits per heavy atom. The molecular weight excluding hydrogens is 273 g/mol. The van der Waals surface area contributed by atoms with E-state index in [-0.39, 0.29) is 24.8 Å². The molecule has 0 aliphatic rings. The molecule has 5 nitrogen and oxygen atoms in total. The molecule has 0 radical (unpaired) electrons. The van der Waals surface area contributed by atoms with Crippen LogP contribution in [-0.2, 0) is 0 Å². The van der Waals surface area contributed by atoms with E-state index < -0.39 is 0 Å². The third kappa shape index (κ3) is 2.37. The summed E-state index contributed by atoms with van der Waals surface area (Å²) in [5.41, 5.74) is 6.69. The molecular formula is C11H11Cl2N5. The van der Waals surface area contributed by atoms with Crippen molar-refractivity contribution in [3.05, 3.63) is 36.7 Å². The van der Waals surface area contributed by atoms with Gasteiger partial charge in [-0.25, -0.2) is 15.0 Å². The summed E-state index contributed by atoms with van der Waals surface area (Å²) < 4.78 is 0. The van der Waals surface area contributed by atoms with E-state index in [1.165, 1.54) is 0 Å². The van der Waals surface area contributed by atoms with Crippen LogP contribution in [-0.4, -0.2) is 19.9 Å². The third-order valence-corrected chi connectivity index (χ3v) is 2.34. The largest absolute Gasteiger partial charge is 0.383 e. The maximum absolute atomic E-state index is 5.87. The minimum Gasteiger partial charge on any atom is -0.383 e. The highest BCUT2D eigenvalue weighted by Gasteiger charge is 2.07. The predicted octanol–water partition coefficient (Wildman–Crippen LogP) is 2.45. The summed E-state index contributed by atoms with van der Waals surface area (Å²) in [6, 6.07) is 7.63. The zero-order chi connectivity index (χ0) is 11.0. The van der Waals surface area contributed by atoms with E-state index in [4.69, 9.17) is 5.73 Å². The van der Waals surface area contributed by atoms with Crippen LogP contribution in [0.3, 0.4) is 0 Å². The second-order valence-corrected chi connectivity index (χ2v) is 3.39. The molecule has 18 heavy (non-hydrogen) atoms. The topological polar surface area (TPSA) is 80.5 Å². The molecule has 0 saturated carbocycles. The molecule has 0 aliphatic carbocycles. The molecule has 3 rings (SSSR count). The summed E-state index contributed by atoms with van der Waals surface area (Å²) in [6.07, 6.45) is 3.38. The Hall–Kier alpha value is -1.85. The Kier molecular flexibility index (Phi) is 4.47. The second kappa shape index (κ2) is 5.66. The van der Waals surface area contributed by atoms with Gasteiger partial charge in [-0.2, -0.15) is 0 Å². The van der Waals surface area contributed by atoms with Crippen molar-refractivity contribution < 1.29 is 0 Å². The Bertz CT molecular complexity index is 639. The van der Waals surface area contributed by atoms with Crippen LogP contribution >= 0.6 is 24.8 Å². The fourth-order valence-corrected chi connectivity index (χ4v) is 1.59. The fraction of sp³-hybridized carbons (Fsp3) is 0. The number of nitrogens with zero attached hydrogens (tertiary/aromatic N) is 3. The molecule has 0 saturated heterocycles. The van der Waals surface area contributed by atoms with Crippen LogP contribution in [0.25, 0.3) is 22.6 Å². The number of hydrogen-bond acceptors (Lipinski definition) is 4. The maximum Gasteiger partial charge on any atom is 0.198 e. The van der Waals surface area contributed by atoms with E-state index >= 15 is 0 Å². The van der Waals surface area contributed by atoms with Crippen LogP contribution in [0.4, 0.5) is 5.82 Å². The Balaban J connectivity index is 0.000000810. The maximum atomic E-state index is 5.87. The number of hydrogen-bond donors (Lipinski definition) is 2. The zero-order valence-corrected chi connectivity index (χ0v) is 10.8. The van der Waals surface area contributed by atoms with Crippen molar-refractivity contribution in [2.24, 2.45) is 0 Å². The molecule has 2 heterocycles. The SMILES string of the molecule is Cl.Cl.Nc1nc(-c2ncc[nH]2)nc2ccccc12. The molecule has 94 valence electrons. The highest BCUT2D eigenvalue weighted by molar-refractivity contribution is 5.89. The highest BCUT2D eigenvalue weighted by Crippen LogP contribution is 2.20. The Morgan fingerprint density at radius 1 is 1.06 bits per heavy atom. The molecule has 0 fully saturated rings. The summed E-state index contributed by atoms with van der Waals surface area (Å²) in [4.78, 5) is 15.7. The number of nitrogens with two attached hydrogens (primary N) is 1. The second-order valence-electron chi connectivity index (χ2n) is 3.39. The molecule has 0 bridgehead atoms. The minimum atomic E-state index is 0. The van der Waals surface area contributed by atoms with Crippen molar-refractivity contribution in [1.82, 2.24) is 19.9 Å². The number of aromatic nitrogens is 4. The number of aromatic amines is 1. The minimum absolute atomic E-state index is 0. The van der Waals surface area contributed by atoms with E-state index in [0.717, 1.165) is 10.9 Å². The van der Waals surface area contributed by atoms with Gasteiger partial charge in [-0.05, 0) is 12.1 Å². The molecule has 7 heteroatoms. The number of fused-ring (bicyclic) bond motifs is 1. The highest BCUT2D eigenvalue weighted by atomic mass is 35.5. The molecule has 0 amide bonds. The number of para-hydroxylation sites is 1. The van der Waals surface area contributed by atoms with E-state index in [2.05, 4.69) is 19.9 Å². The first-order chi connectivity index (χ1) is 7.84. The Morgan fingerprint density at radius 3 is 2.56 bits per heavy atom. The predicted molar refractivity (Wildman–Crippen MR) is 76.0 cm³/mol. The van der Waals surface area contributed by atoms with Crippen LogP contribution in [0.1, 0.15) is 0 Å². The average molecular weight is 284 g/mol. The van der Waals surface area contributed by atoms with Gasteiger partial charge in [0, 0.05) is 17.8 Å². The van der Waals surface area contributed by atoms with Gasteiger partial charge in [-0.1, -0.05) is 12.1 Å². The van der Waals surface area contributed by atoms with Gasteiger partial charge in [-0.3, -0.25) is 0 Å². The van der Waals surface area contributed by atoms with Crippen molar-refractivity contribution in [3.8, 4) is 11.6 Å². The number of nitrogens with one attached hydrogen (secondary N) is 1. The third-order valence-electron chi connectivity index (χ3n) is 2.34. The number of H-pyrrole nitrogens is 1. The van der Waals surface area contributed by atoms with Crippen molar-refractivity contribution in [2.75, 3.05) is 5.73 Å². The first kappa shape index (κ1) is 14.2. The summed E-state index contributed by atoms with van der Waals surface area (Å²) in [7, 11) is 0. The summed E-state index contributed by atoms with van der Waals surface area (Å²) in [6.45, 7) is 0. The standard InChI is InChI=1S/C11H9N5.2ClH/c12-9-7-3-1-2-4-8(7)15-11(16-9)10-13-5-6-14-10;;/h1-6H,(H,13,14)(H2,12,15,16);2*1H. The molecule has 3 aromatic rings. The molecule has 0 spiro atoms. The van der Waals surface area contributed by atoms with Crippen LogP contribution in [0, 0.1) is 0 Å². The molecule has 0 atom stereocenters. The van der Waals surface area contributed by atoms with Crippen molar-refractivity contribution in [3.63, 3.8) is 0 Å². The number of anilines is 1. The molecule has 0 aliphatic heterocycles. The van der Waals surface area contributed by atoms with Crippen molar-refractivity contribution in [2.45, 2.75) is 0 Å². The van der Waals surface area contributed by atoms with Gasteiger partial charge in [0.15, 0.2) is 11.6 Å². The summed E-state index contributed by atoms with van der Waals surface area (Å²) in [5.74, 6) is 1.61. The van der Waals surface area contributed by atoms with Gasteiger partial charge >= 0.3 is 0 Å². The van der Waals surface area contributed by atoms with Crippen molar-refractivity contribution in [1.29, 1.82) is 0 Å². The number of halogens is 2. The molecule has 1 aromatic carbocycles. The lowest BCUT2D eigenvalue weighted by molar-refractivity contribution is 1.16. The van der Waals surface area contributed by atoms with Gasteiger partial charge < -0.3 is 10.7 Å². The van der Waals surface area contributed by atoms with Crippen LogP contribution in [0.5, 0.6) is 0 Å². The van der Waals surface area contributed by atoms with E-state index in [0.29, 0.717) is 17.5 Å². The average Bonchev–Trinajstić information content (AvgIpc) is 2.82.